The standard InChI is InChI=1S/C18H24N4O2S/c1-18(2,3)22-16-11-15(13-7-5-4-6-8-13)20-17(21-16)19-14-9-10-25(23,24)12-14/h4-8,11,14H,9-10,12H2,1-3H3,(H2,19,20,21,22). The van der Waals surface area contributed by atoms with Gasteiger partial charge in [0.25, 0.3) is 0 Å². The van der Waals surface area contributed by atoms with Crippen LogP contribution in [0.2, 0.25) is 0 Å². The maximum Gasteiger partial charge on any atom is 0.225 e. The van der Waals surface area contributed by atoms with Crippen LogP contribution in [-0.4, -0.2) is 41.5 Å². The average Bonchev–Trinajstić information content (AvgIpc) is 2.85. The highest BCUT2D eigenvalue weighted by molar-refractivity contribution is 7.91. The van der Waals surface area contributed by atoms with Gasteiger partial charge in [0.15, 0.2) is 9.84 Å². The Kier molecular flexibility index (Phi) is 4.69. The van der Waals surface area contributed by atoms with E-state index < -0.39 is 9.84 Å². The fourth-order valence-corrected chi connectivity index (χ4v) is 4.48. The zero-order valence-corrected chi connectivity index (χ0v) is 15.6. The Morgan fingerprint density at radius 3 is 2.44 bits per heavy atom. The summed E-state index contributed by atoms with van der Waals surface area (Å²) in [5.74, 6) is 1.52. The molecule has 0 bridgehead atoms. The van der Waals surface area contributed by atoms with Crippen molar-refractivity contribution in [1.29, 1.82) is 0 Å². The first kappa shape index (κ1) is 17.7. The fourth-order valence-electron chi connectivity index (χ4n) is 2.81. The molecule has 1 aliphatic heterocycles. The van der Waals surface area contributed by atoms with Crippen LogP contribution in [0.4, 0.5) is 11.8 Å². The van der Waals surface area contributed by atoms with E-state index in [0.717, 1.165) is 11.3 Å². The second kappa shape index (κ2) is 6.63. The number of nitrogens with zero attached hydrogens (tertiary/aromatic N) is 2. The van der Waals surface area contributed by atoms with Crippen LogP contribution < -0.4 is 10.6 Å². The van der Waals surface area contributed by atoms with E-state index in [0.29, 0.717) is 18.2 Å². The Morgan fingerprint density at radius 2 is 1.84 bits per heavy atom. The third kappa shape index (κ3) is 4.92. The molecule has 1 unspecified atom stereocenters. The van der Waals surface area contributed by atoms with Gasteiger partial charge in [-0.3, -0.25) is 0 Å². The van der Waals surface area contributed by atoms with Gasteiger partial charge in [-0.25, -0.2) is 13.4 Å². The predicted octanol–water partition coefficient (Wildman–Crippen LogP) is 2.95. The van der Waals surface area contributed by atoms with Crippen molar-refractivity contribution < 1.29 is 8.42 Å². The Labute approximate surface area is 149 Å². The van der Waals surface area contributed by atoms with Gasteiger partial charge >= 0.3 is 0 Å². The Morgan fingerprint density at radius 1 is 1.12 bits per heavy atom. The molecule has 0 spiro atoms. The van der Waals surface area contributed by atoms with Crippen LogP contribution in [-0.2, 0) is 9.84 Å². The van der Waals surface area contributed by atoms with E-state index in [4.69, 9.17) is 0 Å². The minimum absolute atomic E-state index is 0.133. The van der Waals surface area contributed by atoms with E-state index in [1.807, 2.05) is 36.4 Å². The van der Waals surface area contributed by atoms with Crippen molar-refractivity contribution >= 4 is 21.6 Å². The van der Waals surface area contributed by atoms with Gasteiger partial charge in [0.05, 0.1) is 17.2 Å². The molecule has 134 valence electrons. The monoisotopic (exact) mass is 360 g/mol. The number of hydrogen-bond donors (Lipinski definition) is 2. The van der Waals surface area contributed by atoms with Crippen LogP contribution >= 0.6 is 0 Å². The topological polar surface area (TPSA) is 84.0 Å². The summed E-state index contributed by atoms with van der Waals surface area (Å²) >= 11 is 0. The highest BCUT2D eigenvalue weighted by atomic mass is 32.2. The molecule has 2 N–H and O–H groups in total. The van der Waals surface area contributed by atoms with Crippen molar-refractivity contribution in [1.82, 2.24) is 9.97 Å². The number of sulfone groups is 1. The summed E-state index contributed by atoms with van der Waals surface area (Å²) in [6.45, 7) is 6.19. The summed E-state index contributed by atoms with van der Waals surface area (Å²) in [6, 6.07) is 11.6. The van der Waals surface area contributed by atoms with E-state index in [-0.39, 0.29) is 23.1 Å². The molecule has 3 rings (SSSR count). The van der Waals surface area contributed by atoms with E-state index in [9.17, 15) is 8.42 Å². The van der Waals surface area contributed by atoms with Gasteiger partial charge < -0.3 is 10.6 Å². The maximum absolute atomic E-state index is 11.7. The largest absolute Gasteiger partial charge is 0.365 e. The predicted molar refractivity (Wildman–Crippen MR) is 102 cm³/mol. The summed E-state index contributed by atoms with van der Waals surface area (Å²) < 4.78 is 23.4. The molecule has 1 aromatic heterocycles. The van der Waals surface area contributed by atoms with Crippen LogP contribution in [0.1, 0.15) is 27.2 Å². The summed E-state index contributed by atoms with van der Waals surface area (Å²) in [5, 5.41) is 6.55. The van der Waals surface area contributed by atoms with Gasteiger partial charge in [0, 0.05) is 23.2 Å². The number of hydrogen-bond acceptors (Lipinski definition) is 6. The average molecular weight is 360 g/mol. The molecule has 6 nitrogen and oxygen atoms in total. The van der Waals surface area contributed by atoms with Crippen molar-refractivity contribution in [2.45, 2.75) is 38.8 Å². The van der Waals surface area contributed by atoms with E-state index >= 15 is 0 Å². The molecule has 0 saturated carbocycles. The van der Waals surface area contributed by atoms with Crippen LogP contribution in [0.15, 0.2) is 36.4 Å². The molecule has 1 atom stereocenters. The Hall–Kier alpha value is -2.15. The van der Waals surface area contributed by atoms with Crippen LogP contribution in [0, 0.1) is 0 Å². The lowest BCUT2D eigenvalue weighted by Gasteiger charge is -2.22. The smallest absolute Gasteiger partial charge is 0.225 e. The van der Waals surface area contributed by atoms with E-state index in [1.165, 1.54) is 0 Å². The minimum atomic E-state index is -2.95. The van der Waals surface area contributed by atoms with Crippen LogP contribution in [0.5, 0.6) is 0 Å². The van der Waals surface area contributed by atoms with Crippen molar-refractivity contribution in [2.75, 3.05) is 22.1 Å². The normalized spacial score (nSPS) is 19.6. The number of rotatable bonds is 4. The molecule has 1 aromatic carbocycles. The van der Waals surface area contributed by atoms with Gasteiger partial charge in [-0.1, -0.05) is 30.3 Å². The first-order valence-corrected chi connectivity index (χ1v) is 10.2. The molecule has 2 aromatic rings. The molecule has 0 amide bonds. The molecular formula is C18H24N4O2S. The number of nitrogens with one attached hydrogen (secondary N) is 2. The molecule has 1 fully saturated rings. The molecule has 1 aliphatic rings. The highest BCUT2D eigenvalue weighted by Gasteiger charge is 2.28. The van der Waals surface area contributed by atoms with E-state index in [1.54, 1.807) is 0 Å². The first-order chi connectivity index (χ1) is 11.7. The minimum Gasteiger partial charge on any atom is -0.365 e. The van der Waals surface area contributed by atoms with Crippen molar-refractivity contribution in [2.24, 2.45) is 0 Å². The van der Waals surface area contributed by atoms with Crippen molar-refractivity contribution in [3.05, 3.63) is 36.4 Å². The molecule has 7 heteroatoms. The SMILES string of the molecule is CC(C)(C)Nc1cc(-c2ccccc2)nc(NC2CCS(=O)(=O)C2)n1. The third-order valence-electron chi connectivity index (χ3n) is 3.86. The molecule has 25 heavy (non-hydrogen) atoms. The van der Waals surface area contributed by atoms with Gasteiger partial charge in [-0.05, 0) is 27.2 Å². The second-order valence-electron chi connectivity index (χ2n) is 7.45. The summed E-state index contributed by atoms with van der Waals surface area (Å²) in [7, 11) is -2.95. The maximum atomic E-state index is 11.7. The van der Waals surface area contributed by atoms with Gasteiger partial charge in [0.2, 0.25) is 5.95 Å². The highest BCUT2D eigenvalue weighted by Crippen LogP contribution is 2.24. The van der Waals surface area contributed by atoms with Crippen LogP contribution in [0.25, 0.3) is 11.3 Å². The zero-order valence-electron chi connectivity index (χ0n) is 14.8. The lowest BCUT2D eigenvalue weighted by molar-refractivity contribution is 0.602. The molecular weight excluding hydrogens is 336 g/mol. The summed E-state index contributed by atoms with van der Waals surface area (Å²) in [5.41, 5.74) is 1.64. The Balaban J connectivity index is 1.92. The van der Waals surface area contributed by atoms with Crippen molar-refractivity contribution in [3.8, 4) is 11.3 Å². The second-order valence-corrected chi connectivity index (χ2v) is 9.68. The van der Waals surface area contributed by atoms with Crippen molar-refractivity contribution in [3.63, 3.8) is 0 Å². The fraction of sp³-hybridized carbons (Fsp3) is 0.444. The number of anilines is 2. The number of aromatic nitrogens is 2. The summed E-state index contributed by atoms with van der Waals surface area (Å²) in [6.07, 6.45) is 0.587. The first-order valence-electron chi connectivity index (χ1n) is 8.40. The molecule has 2 heterocycles. The van der Waals surface area contributed by atoms with Crippen LogP contribution in [0.3, 0.4) is 0 Å². The third-order valence-corrected chi connectivity index (χ3v) is 5.63. The van der Waals surface area contributed by atoms with Gasteiger partial charge in [-0.15, -0.1) is 0 Å². The molecule has 1 saturated heterocycles. The summed E-state index contributed by atoms with van der Waals surface area (Å²) in [4.78, 5) is 9.12. The zero-order chi connectivity index (χ0) is 18.1. The lowest BCUT2D eigenvalue weighted by atomic mass is 10.1. The van der Waals surface area contributed by atoms with E-state index in [2.05, 4.69) is 41.4 Å². The van der Waals surface area contributed by atoms with Gasteiger partial charge in [0.1, 0.15) is 5.82 Å². The number of benzene rings is 1. The molecule has 0 radical (unpaired) electrons. The Bertz CT molecular complexity index is 845. The van der Waals surface area contributed by atoms with Gasteiger partial charge in [-0.2, -0.15) is 4.98 Å². The lowest BCUT2D eigenvalue weighted by Crippen LogP contribution is -2.27. The molecule has 0 aliphatic carbocycles. The quantitative estimate of drug-likeness (QED) is 0.872.